The number of nitrogens with one attached hydrogen (secondary N) is 2. The number of hydrogen-bond acceptors (Lipinski definition) is 8. The highest BCUT2D eigenvalue weighted by atomic mass is 32.1. The van der Waals surface area contributed by atoms with E-state index in [2.05, 4.69) is 75.2 Å². The molecule has 246 valence electrons. The van der Waals surface area contributed by atoms with Crippen LogP contribution in [0.25, 0.3) is 10.6 Å². The number of unbranched alkanes of at least 4 members (excludes halogenated alkanes) is 3. The number of carboxylic acid groups (broad SMARTS) is 1. The quantitative estimate of drug-likeness (QED) is 0.133. The minimum Gasteiger partial charge on any atom is -0.480 e. The zero-order valence-electron chi connectivity index (χ0n) is 28.1. The Morgan fingerprint density at radius 3 is 2.07 bits per heavy atom. The van der Waals surface area contributed by atoms with E-state index in [1.54, 1.807) is 23.7 Å². The van der Waals surface area contributed by atoms with Gasteiger partial charge in [0.25, 0.3) is 11.8 Å². The predicted octanol–water partition coefficient (Wildman–Crippen LogP) is 6.72. The molecule has 0 saturated carbocycles. The van der Waals surface area contributed by atoms with E-state index in [-0.39, 0.29) is 28.3 Å². The summed E-state index contributed by atoms with van der Waals surface area (Å²) in [5, 5.41) is 17.3. The van der Waals surface area contributed by atoms with Crippen LogP contribution in [0, 0.1) is 0 Å². The molecular weight excluding hydrogens is 613 g/mol. The average molecular weight is 665 g/mol. The first-order valence-electron chi connectivity index (χ1n) is 15.3. The lowest BCUT2D eigenvalue weighted by atomic mass is 10.2. The summed E-state index contributed by atoms with van der Waals surface area (Å²) in [7, 11) is -3.88. The van der Waals surface area contributed by atoms with E-state index in [9.17, 15) is 19.5 Å². The maximum absolute atomic E-state index is 12.8. The van der Waals surface area contributed by atoms with Gasteiger partial charge in [0.05, 0.1) is 6.61 Å². The van der Waals surface area contributed by atoms with Gasteiger partial charge in [-0.05, 0) is 61.2 Å². The topological polar surface area (TPSA) is 140 Å². The fourth-order valence-corrected chi connectivity index (χ4v) is 6.39. The van der Waals surface area contributed by atoms with Crippen LogP contribution in [-0.4, -0.2) is 75.3 Å². The monoisotopic (exact) mass is 664 g/mol. The molecule has 0 spiro atoms. The molecule has 10 nitrogen and oxygen atoms in total. The van der Waals surface area contributed by atoms with Gasteiger partial charge in [-0.15, -0.1) is 11.3 Å². The lowest BCUT2D eigenvalue weighted by Gasteiger charge is -2.36. The van der Waals surface area contributed by atoms with Crippen LogP contribution in [0.3, 0.4) is 0 Å². The minimum absolute atomic E-state index is 0.0886. The highest BCUT2D eigenvalue weighted by Gasteiger charge is 2.39. The van der Waals surface area contributed by atoms with Crippen molar-refractivity contribution in [3.8, 4) is 10.6 Å². The number of carboxylic acids is 1. The normalized spacial score (nSPS) is 13.4. The molecule has 2 aromatic rings. The van der Waals surface area contributed by atoms with Crippen LogP contribution in [0.5, 0.6) is 0 Å². The van der Waals surface area contributed by atoms with E-state index in [0.717, 1.165) is 32.3 Å². The second kappa shape index (κ2) is 15.7. The van der Waals surface area contributed by atoms with E-state index in [1.165, 1.54) is 11.3 Å². The summed E-state index contributed by atoms with van der Waals surface area (Å²) < 4.78 is 12.2. The molecule has 0 bridgehead atoms. The highest BCUT2D eigenvalue weighted by molar-refractivity contribution is 7.13. The van der Waals surface area contributed by atoms with Gasteiger partial charge in [0.1, 0.15) is 22.4 Å². The molecule has 0 saturated heterocycles. The Bertz CT molecular complexity index is 1250. The smallest absolute Gasteiger partial charge is 0.328 e. The number of pyridine rings is 1. The Morgan fingerprint density at radius 2 is 1.50 bits per heavy atom. The molecule has 0 aliphatic rings. The van der Waals surface area contributed by atoms with Crippen LogP contribution in [-0.2, 0) is 13.6 Å². The Labute approximate surface area is 269 Å². The molecule has 2 amide bonds. The van der Waals surface area contributed by atoms with Gasteiger partial charge in [-0.25, -0.2) is 9.78 Å². The minimum atomic E-state index is -2.19. The molecule has 2 heterocycles. The van der Waals surface area contributed by atoms with E-state index in [4.69, 9.17) is 8.85 Å². The Kier molecular flexibility index (Phi) is 13.5. The van der Waals surface area contributed by atoms with E-state index in [1.807, 2.05) is 13.1 Å². The summed E-state index contributed by atoms with van der Waals surface area (Å²) in [4.78, 5) is 45.8. The number of carbonyl (C=O) groups excluding carboxylic acids is 2. The summed E-state index contributed by atoms with van der Waals surface area (Å²) in [6.07, 6.45) is 5.54. The standard InChI is InChI=1S/C31H52N4O6SSi2/c1-30(2,3)43(7,8)40-18-14-12-11-13-17-32-26(36)23-16-15-22(19-33-23)28-35-25(21-42-28)27(37)34-24(29(38)39)20-41-44(9,10)31(4,5)6/h15-16,19,21,24H,11-14,17-18,20H2,1-10H3,(H,32,36)(H,34,37)(H,38,39)/t24-/m0/s1. The van der Waals surface area contributed by atoms with Gasteiger partial charge < -0.3 is 24.6 Å². The van der Waals surface area contributed by atoms with Crippen molar-refractivity contribution in [3.05, 3.63) is 35.1 Å². The highest BCUT2D eigenvalue weighted by Crippen LogP contribution is 2.37. The van der Waals surface area contributed by atoms with Gasteiger partial charge >= 0.3 is 5.97 Å². The first kappa shape index (κ1) is 37.7. The molecule has 0 unspecified atom stereocenters. The number of aliphatic carboxylic acids is 1. The summed E-state index contributed by atoms with van der Waals surface area (Å²) in [5.41, 5.74) is 1.07. The number of nitrogens with zero attached hydrogens (tertiary/aromatic N) is 2. The van der Waals surface area contributed by atoms with Gasteiger partial charge in [0, 0.05) is 30.3 Å². The lowest BCUT2D eigenvalue weighted by molar-refractivity contribution is -0.140. The van der Waals surface area contributed by atoms with Crippen molar-refractivity contribution in [1.29, 1.82) is 0 Å². The predicted molar refractivity (Wildman–Crippen MR) is 181 cm³/mol. The zero-order valence-corrected chi connectivity index (χ0v) is 30.9. The zero-order chi connectivity index (χ0) is 33.3. The van der Waals surface area contributed by atoms with Gasteiger partial charge in [0.2, 0.25) is 0 Å². The molecule has 2 rings (SSSR count). The maximum Gasteiger partial charge on any atom is 0.328 e. The lowest BCUT2D eigenvalue weighted by Crippen LogP contribution is -2.49. The third kappa shape index (κ3) is 11.2. The van der Waals surface area contributed by atoms with Gasteiger partial charge in [-0.2, -0.15) is 0 Å². The SMILES string of the molecule is CC(C)(C)[Si](C)(C)OCCCCCCNC(=O)c1ccc(-c2nc(C(=O)N[C@@H](CO[Si](C)(C)C(C)(C)C)C(=O)O)cs2)cn1. The third-order valence-electron chi connectivity index (χ3n) is 8.63. The van der Waals surface area contributed by atoms with Crippen LogP contribution in [0.4, 0.5) is 0 Å². The molecule has 13 heteroatoms. The molecule has 0 aromatic carbocycles. The Balaban J connectivity index is 1.81. The van der Waals surface area contributed by atoms with Gasteiger partial charge in [-0.3, -0.25) is 14.6 Å². The second-order valence-electron chi connectivity index (χ2n) is 14.2. The Hall–Kier alpha value is -2.46. The first-order valence-corrected chi connectivity index (χ1v) is 22.0. The summed E-state index contributed by atoms with van der Waals surface area (Å²) in [5.74, 6) is -2.00. The number of amides is 2. The summed E-state index contributed by atoms with van der Waals surface area (Å²) in [6, 6.07) is 2.17. The van der Waals surface area contributed by atoms with E-state index in [0.29, 0.717) is 22.8 Å². The van der Waals surface area contributed by atoms with Gasteiger partial charge in [0.15, 0.2) is 16.6 Å². The van der Waals surface area contributed by atoms with Crippen LogP contribution >= 0.6 is 11.3 Å². The summed E-state index contributed by atoms with van der Waals surface area (Å²) in [6.45, 7) is 22.8. The van der Waals surface area contributed by atoms with Crippen molar-refractivity contribution in [2.45, 2.75) is 110 Å². The molecule has 0 aliphatic heterocycles. The average Bonchev–Trinajstić information content (AvgIpc) is 3.41. The Morgan fingerprint density at radius 1 is 0.886 bits per heavy atom. The molecule has 44 heavy (non-hydrogen) atoms. The molecule has 0 radical (unpaired) electrons. The van der Waals surface area contributed by atoms with Crippen LogP contribution in [0.15, 0.2) is 23.7 Å². The molecule has 0 aliphatic carbocycles. The van der Waals surface area contributed by atoms with E-state index >= 15 is 0 Å². The number of hydrogen-bond donors (Lipinski definition) is 3. The molecule has 2 aromatic heterocycles. The molecule has 1 atom stereocenters. The van der Waals surface area contributed by atoms with Gasteiger partial charge in [-0.1, -0.05) is 54.4 Å². The fraction of sp³-hybridized carbons (Fsp3) is 0.645. The number of aromatic nitrogens is 2. The summed E-state index contributed by atoms with van der Waals surface area (Å²) >= 11 is 1.24. The van der Waals surface area contributed by atoms with Crippen molar-refractivity contribution in [3.63, 3.8) is 0 Å². The van der Waals surface area contributed by atoms with Crippen LogP contribution in [0.1, 0.15) is 88.2 Å². The van der Waals surface area contributed by atoms with Crippen LogP contribution in [0.2, 0.25) is 36.3 Å². The molecule has 0 fully saturated rings. The largest absolute Gasteiger partial charge is 0.480 e. The van der Waals surface area contributed by atoms with Crippen molar-refractivity contribution < 1.29 is 28.3 Å². The second-order valence-corrected chi connectivity index (χ2v) is 24.7. The maximum atomic E-state index is 12.8. The number of thiazole rings is 1. The molecule has 3 N–H and O–H groups in total. The number of carbonyl (C=O) groups is 3. The van der Waals surface area contributed by atoms with Crippen LogP contribution < -0.4 is 10.6 Å². The van der Waals surface area contributed by atoms with Crippen molar-refractivity contribution in [2.75, 3.05) is 19.8 Å². The molecular formula is C31H52N4O6SSi2. The van der Waals surface area contributed by atoms with Crippen molar-refractivity contribution >= 4 is 45.8 Å². The van der Waals surface area contributed by atoms with Crippen molar-refractivity contribution in [1.82, 2.24) is 20.6 Å². The first-order chi connectivity index (χ1) is 20.2. The van der Waals surface area contributed by atoms with E-state index < -0.39 is 34.6 Å². The third-order valence-corrected chi connectivity index (χ3v) is 18.6. The fourth-order valence-electron chi connectivity index (χ4n) is 3.50. The number of rotatable bonds is 16. The van der Waals surface area contributed by atoms with Crippen molar-refractivity contribution in [2.24, 2.45) is 0 Å².